The minimum absolute atomic E-state index is 0.0875. The fourth-order valence-electron chi connectivity index (χ4n) is 1.87. The molecule has 2 N–H and O–H groups in total. The summed E-state index contributed by atoms with van der Waals surface area (Å²) in [5, 5.41) is 11.6. The molecule has 2 unspecified atom stereocenters. The number of nitrogens with zero attached hydrogens (tertiary/aromatic N) is 1. The molecule has 0 aromatic heterocycles. The van der Waals surface area contributed by atoms with E-state index < -0.39 is 24.0 Å². The zero-order chi connectivity index (χ0) is 15.1. The van der Waals surface area contributed by atoms with Crippen molar-refractivity contribution >= 4 is 29.5 Å². The molecule has 2 amide bonds. The number of allylic oxidation sites excluding steroid dienone is 1. The van der Waals surface area contributed by atoms with E-state index in [4.69, 9.17) is 5.11 Å². The number of hydrogen-bond acceptors (Lipinski definition) is 4. The summed E-state index contributed by atoms with van der Waals surface area (Å²) < 4.78 is 0. The number of aliphatic carboxylic acids is 1. The maximum absolute atomic E-state index is 12.1. The molecule has 1 rings (SSSR count). The van der Waals surface area contributed by atoms with Crippen LogP contribution in [0.15, 0.2) is 12.2 Å². The van der Waals surface area contributed by atoms with Crippen molar-refractivity contribution < 1.29 is 19.5 Å². The second kappa shape index (κ2) is 7.94. The minimum Gasteiger partial charge on any atom is -0.480 e. The number of carbonyl (C=O) groups excluding carboxylic acids is 2. The molecule has 0 saturated carbocycles. The first kappa shape index (κ1) is 16.6. The molecular weight excluding hydrogens is 280 g/mol. The number of carboxylic acid groups (broad SMARTS) is 1. The molecule has 7 heteroatoms. The van der Waals surface area contributed by atoms with E-state index in [-0.39, 0.29) is 12.3 Å². The van der Waals surface area contributed by atoms with Gasteiger partial charge >= 0.3 is 5.97 Å². The standard InChI is InChI=1S/C13H20N2O4S/c1-3-5-6-9(13(18)19)14-12(17)10-7-20-8-15(10)11(16)4-2/h3,5,9-10H,4,6-8H2,1-2H3,(H,14,17)(H,18,19)/b5-3+. The number of nitrogens with one attached hydrogen (secondary N) is 1. The monoisotopic (exact) mass is 300 g/mol. The van der Waals surface area contributed by atoms with E-state index in [1.807, 2.05) is 0 Å². The number of thioether (sulfide) groups is 1. The van der Waals surface area contributed by atoms with Crippen LogP contribution >= 0.6 is 11.8 Å². The highest BCUT2D eigenvalue weighted by Crippen LogP contribution is 2.22. The molecule has 1 aliphatic rings. The Balaban J connectivity index is 2.68. The molecule has 0 radical (unpaired) electrons. The molecule has 1 heterocycles. The minimum atomic E-state index is -1.07. The lowest BCUT2D eigenvalue weighted by molar-refractivity contribution is -0.143. The van der Waals surface area contributed by atoms with Crippen LogP contribution < -0.4 is 5.32 Å². The van der Waals surface area contributed by atoms with Gasteiger partial charge in [-0.15, -0.1) is 11.8 Å². The van der Waals surface area contributed by atoms with Gasteiger partial charge in [0.2, 0.25) is 11.8 Å². The maximum atomic E-state index is 12.1. The lowest BCUT2D eigenvalue weighted by Crippen LogP contribution is -2.51. The average Bonchev–Trinajstić information content (AvgIpc) is 2.91. The summed E-state index contributed by atoms with van der Waals surface area (Å²) >= 11 is 1.50. The summed E-state index contributed by atoms with van der Waals surface area (Å²) in [6.45, 7) is 3.53. The van der Waals surface area contributed by atoms with Gasteiger partial charge in [-0.3, -0.25) is 9.59 Å². The van der Waals surface area contributed by atoms with Gasteiger partial charge < -0.3 is 15.3 Å². The summed E-state index contributed by atoms with van der Waals surface area (Å²) in [5.74, 6) is -0.565. The van der Waals surface area contributed by atoms with Gasteiger partial charge in [-0.2, -0.15) is 0 Å². The van der Waals surface area contributed by atoms with Crippen LogP contribution in [0.3, 0.4) is 0 Å². The van der Waals surface area contributed by atoms with E-state index in [9.17, 15) is 14.4 Å². The van der Waals surface area contributed by atoms with Gasteiger partial charge in [0.1, 0.15) is 12.1 Å². The number of carboxylic acids is 1. The van der Waals surface area contributed by atoms with E-state index in [1.165, 1.54) is 16.7 Å². The molecule has 0 bridgehead atoms. The highest BCUT2D eigenvalue weighted by molar-refractivity contribution is 7.99. The summed E-state index contributed by atoms with van der Waals surface area (Å²) in [6.07, 6.45) is 4.00. The van der Waals surface area contributed by atoms with Crippen LogP contribution in [0.5, 0.6) is 0 Å². The number of carbonyl (C=O) groups is 3. The highest BCUT2D eigenvalue weighted by Gasteiger charge is 2.35. The Labute approximate surface area is 122 Å². The van der Waals surface area contributed by atoms with Crippen molar-refractivity contribution in [1.29, 1.82) is 0 Å². The predicted octanol–water partition coefficient (Wildman–Crippen LogP) is 0.833. The third-order valence-electron chi connectivity index (χ3n) is 3.03. The molecule has 0 aromatic rings. The fraction of sp³-hybridized carbons (Fsp3) is 0.615. The van der Waals surface area contributed by atoms with Gasteiger partial charge in [0.05, 0.1) is 5.88 Å². The van der Waals surface area contributed by atoms with Crippen molar-refractivity contribution in [2.24, 2.45) is 0 Å². The van der Waals surface area contributed by atoms with Gasteiger partial charge in [-0.25, -0.2) is 4.79 Å². The van der Waals surface area contributed by atoms with Crippen molar-refractivity contribution in [3.63, 3.8) is 0 Å². The zero-order valence-corrected chi connectivity index (χ0v) is 12.5. The zero-order valence-electron chi connectivity index (χ0n) is 11.7. The molecule has 6 nitrogen and oxygen atoms in total. The predicted molar refractivity (Wildman–Crippen MR) is 77.2 cm³/mol. The summed E-state index contributed by atoms with van der Waals surface area (Å²) in [5.41, 5.74) is 0. The first-order valence-electron chi connectivity index (χ1n) is 6.52. The number of hydrogen-bond donors (Lipinski definition) is 2. The van der Waals surface area contributed by atoms with E-state index >= 15 is 0 Å². The Morgan fingerprint density at radius 2 is 2.20 bits per heavy atom. The van der Waals surface area contributed by atoms with Crippen LogP contribution in [0.1, 0.15) is 26.7 Å². The smallest absolute Gasteiger partial charge is 0.326 e. The number of rotatable bonds is 6. The van der Waals surface area contributed by atoms with E-state index in [1.54, 1.807) is 26.0 Å². The molecule has 20 heavy (non-hydrogen) atoms. The van der Waals surface area contributed by atoms with E-state index in [0.717, 1.165) is 0 Å². The molecular formula is C13H20N2O4S. The molecule has 1 aliphatic heterocycles. The maximum Gasteiger partial charge on any atom is 0.326 e. The van der Waals surface area contributed by atoms with E-state index in [2.05, 4.69) is 5.32 Å². The van der Waals surface area contributed by atoms with Crippen LogP contribution in [-0.4, -0.2) is 51.5 Å². The Hall–Kier alpha value is -1.50. The molecule has 0 spiro atoms. The Kier molecular flexibility index (Phi) is 6.57. The van der Waals surface area contributed by atoms with Crippen molar-refractivity contribution in [2.75, 3.05) is 11.6 Å². The molecule has 1 saturated heterocycles. The average molecular weight is 300 g/mol. The van der Waals surface area contributed by atoms with Gasteiger partial charge in [-0.05, 0) is 13.3 Å². The molecule has 0 aromatic carbocycles. The summed E-state index contributed by atoms with van der Waals surface area (Å²) in [7, 11) is 0. The SMILES string of the molecule is C/C=C/CC(NC(=O)C1CSCN1C(=O)CC)C(=O)O. The summed E-state index contributed by atoms with van der Waals surface area (Å²) in [6, 6.07) is -1.53. The first-order valence-corrected chi connectivity index (χ1v) is 7.68. The second-order valence-corrected chi connectivity index (χ2v) is 5.44. The van der Waals surface area contributed by atoms with Crippen LogP contribution in [0.2, 0.25) is 0 Å². The van der Waals surface area contributed by atoms with Crippen molar-refractivity contribution in [2.45, 2.75) is 38.8 Å². The van der Waals surface area contributed by atoms with Gasteiger partial charge in [0.25, 0.3) is 0 Å². The second-order valence-electron chi connectivity index (χ2n) is 4.44. The highest BCUT2D eigenvalue weighted by atomic mass is 32.2. The van der Waals surface area contributed by atoms with Gasteiger partial charge in [-0.1, -0.05) is 19.1 Å². The summed E-state index contributed by atoms with van der Waals surface area (Å²) in [4.78, 5) is 36.5. The van der Waals surface area contributed by atoms with Gasteiger partial charge in [0.15, 0.2) is 0 Å². The Morgan fingerprint density at radius 1 is 1.50 bits per heavy atom. The quantitative estimate of drug-likeness (QED) is 0.710. The molecule has 2 atom stereocenters. The fourth-order valence-corrected chi connectivity index (χ4v) is 3.05. The van der Waals surface area contributed by atoms with Crippen molar-refractivity contribution in [3.05, 3.63) is 12.2 Å². The van der Waals surface area contributed by atoms with Crippen LogP contribution in [0, 0.1) is 0 Å². The Morgan fingerprint density at radius 3 is 2.75 bits per heavy atom. The van der Waals surface area contributed by atoms with Crippen molar-refractivity contribution in [1.82, 2.24) is 10.2 Å². The normalized spacial score (nSPS) is 20.1. The molecule has 0 aliphatic carbocycles. The molecule has 1 fully saturated rings. The topological polar surface area (TPSA) is 86.7 Å². The van der Waals surface area contributed by atoms with E-state index in [0.29, 0.717) is 18.1 Å². The van der Waals surface area contributed by atoms with Gasteiger partial charge in [0, 0.05) is 12.2 Å². The molecule has 112 valence electrons. The van der Waals surface area contributed by atoms with Crippen molar-refractivity contribution in [3.8, 4) is 0 Å². The Bertz CT molecular complexity index is 411. The number of amides is 2. The first-order chi connectivity index (χ1) is 9.51. The third-order valence-corrected chi connectivity index (χ3v) is 4.04. The van der Waals surface area contributed by atoms with Crippen LogP contribution in [0.25, 0.3) is 0 Å². The van der Waals surface area contributed by atoms with Crippen LogP contribution in [-0.2, 0) is 14.4 Å². The van der Waals surface area contributed by atoms with Crippen LogP contribution in [0.4, 0.5) is 0 Å². The third kappa shape index (κ3) is 4.26. The lowest BCUT2D eigenvalue weighted by atomic mass is 10.1. The largest absolute Gasteiger partial charge is 0.480 e. The lowest BCUT2D eigenvalue weighted by Gasteiger charge is -2.24.